The van der Waals surface area contributed by atoms with Gasteiger partial charge in [-0.1, -0.05) is 29.3 Å². The van der Waals surface area contributed by atoms with Crippen molar-refractivity contribution in [2.24, 2.45) is 23.7 Å². The lowest BCUT2D eigenvalue weighted by Gasteiger charge is -2.29. The second-order valence-corrected chi connectivity index (χ2v) is 8.71. The monoisotopic (exact) mass is 284 g/mol. The molecule has 2 heteroatoms. The van der Waals surface area contributed by atoms with Crippen LogP contribution in [0.4, 0.5) is 0 Å². The highest BCUT2D eigenvalue weighted by atomic mass is 32.2. The first-order chi connectivity index (χ1) is 9.83. The van der Waals surface area contributed by atoms with Crippen molar-refractivity contribution in [2.45, 2.75) is 42.2 Å². The lowest BCUT2D eigenvalue weighted by molar-refractivity contribution is 0.529. The van der Waals surface area contributed by atoms with Gasteiger partial charge in [0.1, 0.15) is 0 Å². The van der Waals surface area contributed by atoms with Gasteiger partial charge in [0.05, 0.1) is 10.8 Å². The molecule has 2 saturated carbocycles. The summed E-state index contributed by atoms with van der Waals surface area (Å²) < 4.78 is 12.9. The van der Waals surface area contributed by atoms with Crippen LogP contribution >= 0.6 is 0 Å². The van der Waals surface area contributed by atoms with E-state index in [1.807, 2.05) is 35.9 Å². The standard InChI is InChI=1S/C18H20OS/c19-20(14-4-2-1-3-5-14)16-10-13-9-15(16)18-12-7-6-11(8-12)17(13)18/h1-5,11-13,15-16H,6-10H2/t11-,12-,13+,15+,16+,20+/m1/s1. The van der Waals surface area contributed by atoms with E-state index in [0.29, 0.717) is 11.2 Å². The first-order valence-electron chi connectivity index (χ1n) is 8.02. The number of rotatable bonds is 2. The maximum atomic E-state index is 12.9. The minimum Gasteiger partial charge on any atom is -0.254 e. The molecule has 104 valence electrons. The van der Waals surface area contributed by atoms with Crippen LogP contribution in [0, 0.1) is 23.7 Å². The second-order valence-electron chi connectivity index (χ2n) is 7.04. The van der Waals surface area contributed by atoms with Crippen LogP contribution in [0.15, 0.2) is 46.4 Å². The molecule has 1 nitrogen and oxygen atoms in total. The summed E-state index contributed by atoms with van der Waals surface area (Å²) in [6.07, 6.45) is 6.80. The first-order valence-corrected chi connectivity index (χ1v) is 9.23. The molecule has 1 aromatic carbocycles. The zero-order valence-electron chi connectivity index (χ0n) is 11.6. The largest absolute Gasteiger partial charge is 0.254 e. The molecular weight excluding hydrogens is 264 g/mol. The highest BCUT2D eigenvalue weighted by molar-refractivity contribution is 7.85. The van der Waals surface area contributed by atoms with Crippen LogP contribution in [-0.2, 0) is 10.8 Å². The number of fused-ring (bicyclic) bond motifs is 8. The number of allylic oxidation sites excluding steroid dienone is 2. The van der Waals surface area contributed by atoms with E-state index < -0.39 is 10.8 Å². The van der Waals surface area contributed by atoms with Crippen molar-refractivity contribution in [3.05, 3.63) is 41.5 Å². The maximum absolute atomic E-state index is 12.9. The Hall–Kier alpha value is -0.890. The SMILES string of the molecule is O=[S@@](c1ccccc1)[C@H]1C[C@@H]2C[C@@H]1C1=C2[C@@H]2CC[C@@H]1C2. The van der Waals surface area contributed by atoms with Crippen molar-refractivity contribution in [3.63, 3.8) is 0 Å². The van der Waals surface area contributed by atoms with Crippen LogP contribution in [0.2, 0.25) is 0 Å². The quantitative estimate of drug-likeness (QED) is 0.594. The van der Waals surface area contributed by atoms with Crippen molar-refractivity contribution in [1.82, 2.24) is 0 Å². The Labute approximate surface area is 122 Å². The summed E-state index contributed by atoms with van der Waals surface area (Å²) in [5.41, 5.74) is 3.65. The predicted octanol–water partition coefficient (Wildman–Crippen LogP) is 3.93. The van der Waals surface area contributed by atoms with Crippen LogP contribution in [0.25, 0.3) is 0 Å². The third-order valence-corrected chi connectivity index (χ3v) is 8.05. The van der Waals surface area contributed by atoms with Gasteiger partial charge in [0, 0.05) is 10.1 Å². The lowest BCUT2D eigenvalue weighted by atomic mass is 9.82. The Morgan fingerprint density at radius 1 is 0.850 bits per heavy atom. The van der Waals surface area contributed by atoms with E-state index in [4.69, 9.17) is 0 Å². The molecule has 5 rings (SSSR count). The second kappa shape index (κ2) is 4.07. The van der Waals surface area contributed by atoms with Gasteiger partial charge in [0.25, 0.3) is 0 Å². The summed E-state index contributed by atoms with van der Waals surface area (Å²) in [7, 11) is -0.804. The van der Waals surface area contributed by atoms with Crippen molar-refractivity contribution in [2.75, 3.05) is 0 Å². The van der Waals surface area contributed by atoms with E-state index in [2.05, 4.69) is 0 Å². The molecule has 20 heavy (non-hydrogen) atoms. The summed E-state index contributed by atoms with van der Waals surface area (Å²) in [5.74, 6) is 3.26. The van der Waals surface area contributed by atoms with Gasteiger partial charge in [-0.15, -0.1) is 0 Å². The summed E-state index contributed by atoms with van der Waals surface area (Å²) in [6, 6.07) is 10.1. The molecule has 0 N–H and O–H groups in total. The van der Waals surface area contributed by atoms with Crippen molar-refractivity contribution < 1.29 is 4.21 Å². The van der Waals surface area contributed by atoms with Crippen molar-refractivity contribution >= 4 is 10.8 Å². The number of hydrogen-bond acceptors (Lipinski definition) is 1. The van der Waals surface area contributed by atoms with Crippen molar-refractivity contribution in [3.8, 4) is 0 Å². The maximum Gasteiger partial charge on any atom is 0.0567 e. The normalized spacial score (nSPS) is 42.3. The molecule has 0 radical (unpaired) electrons. The van der Waals surface area contributed by atoms with Crippen LogP contribution in [0.1, 0.15) is 32.1 Å². The van der Waals surface area contributed by atoms with E-state index in [-0.39, 0.29) is 0 Å². The zero-order valence-corrected chi connectivity index (χ0v) is 12.4. The Morgan fingerprint density at radius 3 is 2.40 bits per heavy atom. The van der Waals surface area contributed by atoms with Gasteiger partial charge in [-0.3, -0.25) is 4.21 Å². The lowest BCUT2D eigenvalue weighted by Crippen LogP contribution is -2.27. The fraction of sp³-hybridized carbons (Fsp3) is 0.556. The average Bonchev–Trinajstić information content (AvgIpc) is 3.24. The summed E-state index contributed by atoms with van der Waals surface area (Å²) in [4.78, 5) is 1.04. The Kier molecular flexibility index (Phi) is 2.39. The molecule has 6 atom stereocenters. The van der Waals surface area contributed by atoms with Gasteiger partial charge in [-0.25, -0.2) is 0 Å². The van der Waals surface area contributed by atoms with Crippen LogP contribution in [0.5, 0.6) is 0 Å². The summed E-state index contributed by atoms with van der Waals surface area (Å²) >= 11 is 0. The Balaban J connectivity index is 1.49. The highest BCUT2D eigenvalue weighted by Gasteiger charge is 2.55. The van der Waals surface area contributed by atoms with E-state index in [1.54, 1.807) is 5.57 Å². The van der Waals surface area contributed by atoms with Crippen LogP contribution < -0.4 is 0 Å². The third kappa shape index (κ3) is 1.41. The minimum absolute atomic E-state index is 0.403. The molecule has 0 spiro atoms. The summed E-state index contributed by atoms with van der Waals surface area (Å²) in [5, 5.41) is 0.403. The Morgan fingerprint density at radius 2 is 1.60 bits per heavy atom. The fourth-order valence-electron chi connectivity index (χ4n) is 5.65. The molecule has 0 aliphatic heterocycles. The molecule has 4 bridgehead atoms. The zero-order chi connectivity index (χ0) is 13.3. The molecule has 0 heterocycles. The molecular formula is C18H20OS. The minimum atomic E-state index is -0.804. The van der Waals surface area contributed by atoms with E-state index >= 15 is 0 Å². The molecule has 4 aliphatic carbocycles. The van der Waals surface area contributed by atoms with Gasteiger partial charge >= 0.3 is 0 Å². The van der Waals surface area contributed by atoms with Gasteiger partial charge in [-0.2, -0.15) is 0 Å². The van der Waals surface area contributed by atoms with E-state index in [0.717, 1.165) is 22.6 Å². The fourth-order valence-corrected chi connectivity index (χ4v) is 7.39. The first kappa shape index (κ1) is 11.7. The molecule has 0 amide bonds. The third-order valence-electron chi connectivity index (χ3n) is 6.24. The number of hydrogen-bond donors (Lipinski definition) is 0. The molecule has 1 aromatic rings. The molecule has 0 unspecified atom stereocenters. The predicted molar refractivity (Wildman–Crippen MR) is 80.7 cm³/mol. The van der Waals surface area contributed by atoms with E-state index in [1.165, 1.54) is 32.1 Å². The van der Waals surface area contributed by atoms with Crippen molar-refractivity contribution in [1.29, 1.82) is 0 Å². The van der Waals surface area contributed by atoms with Gasteiger partial charge < -0.3 is 0 Å². The average molecular weight is 284 g/mol. The van der Waals surface area contributed by atoms with Gasteiger partial charge in [-0.05, 0) is 67.9 Å². The van der Waals surface area contributed by atoms with E-state index in [9.17, 15) is 4.21 Å². The molecule has 0 aromatic heterocycles. The van der Waals surface area contributed by atoms with Crippen LogP contribution in [-0.4, -0.2) is 9.46 Å². The molecule has 0 saturated heterocycles. The summed E-state index contributed by atoms with van der Waals surface area (Å²) in [6.45, 7) is 0. The highest BCUT2D eigenvalue weighted by Crippen LogP contribution is 2.64. The molecule has 2 fully saturated rings. The van der Waals surface area contributed by atoms with Gasteiger partial charge in [0.2, 0.25) is 0 Å². The van der Waals surface area contributed by atoms with Crippen LogP contribution in [0.3, 0.4) is 0 Å². The van der Waals surface area contributed by atoms with Gasteiger partial charge in [0.15, 0.2) is 0 Å². The molecule has 4 aliphatic rings. The number of benzene rings is 1. The topological polar surface area (TPSA) is 17.1 Å². The smallest absolute Gasteiger partial charge is 0.0567 e. The Bertz CT molecular complexity index is 618.